The van der Waals surface area contributed by atoms with E-state index in [0.717, 1.165) is 16.7 Å². The zero-order chi connectivity index (χ0) is 20.1. The van der Waals surface area contributed by atoms with E-state index in [4.69, 9.17) is 4.52 Å². The van der Waals surface area contributed by atoms with E-state index in [0.29, 0.717) is 16.6 Å². The number of para-hydroxylation sites is 1. The van der Waals surface area contributed by atoms with Gasteiger partial charge in [-0.25, -0.2) is 0 Å². The van der Waals surface area contributed by atoms with Crippen LogP contribution >= 0.6 is 7.37 Å². The number of benzene rings is 3. The topological polar surface area (TPSA) is 46.5 Å². The Bertz CT molecular complexity index is 1090. The molecule has 0 bridgehead atoms. The minimum Gasteiger partial charge on any atom is -0.508 e. The van der Waals surface area contributed by atoms with Crippen LogP contribution < -0.4 is 9.83 Å². The van der Waals surface area contributed by atoms with Gasteiger partial charge in [0.1, 0.15) is 11.5 Å². The van der Waals surface area contributed by atoms with Crippen LogP contribution in [0.2, 0.25) is 0 Å². The Labute approximate surface area is 166 Å². The Morgan fingerprint density at radius 2 is 1.57 bits per heavy atom. The van der Waals surface area contributed by atoms with Gasteiger partial charge in [-0.05, 0) is 41.7 Å². The lowest BCUT2D eigenvalue weighted by Crippen LogP contribution is -2.21. The molecular formula is C24H25O3P. The molecule has 28 heavy (non-hydrogen) atoms. The van der Waals surface area contributed by atoms with Crippen LogP contribution in [0.3, 0.4) is 0 Å². The van der Waals surface area contributed by atoms with Gasteiger partial charge in [-0.1, -0.05) is 69.3 Å². The second-order valence-electron chi connectivity index (χ2n) is 8.40. The third kappa shape index (κ3) is 2.95. The van der Waals surface area contributed by atoms with E-state index in [9.17, 15) is 9.67 Å². The second kappa shape index (κ2) is 6.53. The summed E-state index contributed by atoms with van der Waals surface area (Å²) < 4.78 is 20.5. The standard InChI is InChI=1S/C24H25O3P/c1-16(20-15-17(24(2,3)4)13-14-21(20)25)28(26)23-12-8-6-10-19(23)18-9-5-7-11-22(18)27-28/h5-16,25H,1-4H3. The highest BCUT2D eigenvalue weighted by molar-refractivity contribution is 7.68. The molecule has 2 atom stereocenters. The summed E-state index contributed by atoms with van der Waals surface area (Å²) in [6.45, 7) is 8.25. The Kier molecular flexibility index (Phi) is 4.39. The summed E-state index contributed by atoms with van der Waals surface area (Å²) in [6.07, 6.45) is 0. The van der Waals surface area contributed by atoms with E-state index < -0.39 is 13.0 Å². The Morgan fingerprint density at radius 3 is 2.29 bits per heavy atom. The maximum Gasteiger partial charge on any atom is 0.285 e. The van der Waals surface area contributed by atoms with E-state index in [2.05, 4.69) is 20.8 Å². The molecule has 0 aromatic heterocycles. The van der Waals surface area contributed by atoms with Crippen molar-refractivity contribution in [3.63, 3.8) is 0 Å². The minimum atomic E-state index is -3.31. The summed E-state index contributed by atoms with van der Waals surface area (Å²) in [5.74, 6) is 0.776. The molecule has 0 aliphatic carbocycles. The van der Waals surface area contributed by atoms with Gasteiger partial charge in [-0.15, -0.1) is 0 Å². The molecule has 3 aromatic carbocycles. The molecule has 4 rings (SSSR count). The minimum absolute atomic E-state index is 0.0748. The SMILES string of the molecule is CC(c1cc(C(C)(C)C)ccc1O)P1(=O)Oc2ccccc2-c2ccccc21. The van der Waals surface area contributed by atoms with Crippen molar-refractivity contribution in [1.29, 1.82) is 0 Å². The van der Waals surface area contributed by atoms with Crippen molar-refractivity contribution in [3.8, 4) is 22.6 Å². The van der Waals surface area contributed by atoms with Crippen molar-refractivity contribution in [3.05, 3.63) is 77.9 Å². The van der Waals surface area contributed by atoms with Gasteiger partial charge in [0, 0.05) is 11.1 Å². The quantitative estimate of drug-likeness (QED) is 0.512. The monoisotopic (exact) mass is 392 g/mol. The first-order valence-electron chi connectivity index (χ1n) is 9.53. The molecule has 2 unspecified atom stereocenters. The molecule has 0 saturated carbocycles. The molecule has 0 spiro atoms. The predicted octanol–water partition coefficient (Wildman–Crippen LogP) is 6.41. The lowest BCUT2D eigenvalue weighted by molar-refractivity contribution is 0.456. The molecule has 0 fully saturated rings. The summed E-state index contributed by atoms with van der Waals surface area (Å²) in [5, 5.41) is 11.3. The average molecular weight is 392 g/mol. The summed E-state index contributed by atoms with van der Waals surface area (Å²) >= 11 is 0. The Hall–Kier alpha value is -2.51. The number of aromatic hydroxyl groups is 1. The van der Waals surface area contributed by atoms with Gasteiger partial charge < -0.3 is 9.63 Å². The molecule has 0 radical (unpaired) electrons. The number of phenols is 1. The van der Waals surface area contributed by atoms with Gasteiger partial charge in [0.15, 0.2) is 0 Å². The summed E-state index contributed by atoms with van der Waals surface area (Å²) in [4.78, 5) is 0. The highest BCUT2D eigenvalue weighted by Crippen LogP contribution is 2.64. The molecule has 3 nitrogen and oxygen atoms in total. The average Bonchev–Trinajstić information content (AvgIpc) is 2.67. The van der Waals surface area contributed by atoms with Crippen molar-refractivity contribution < 1.29 is 14.2 Å². The van der Waals surface area contributed by atoms with Crippen LogP contribution in [0.5, 0.6) is 11.5 Å². The van der Waals surface area contributed by atoms with Crippen molar-refractivity contribution in [2.24, 2.45) is 0 Å². The van der Waals surface area contributed by atoms with Crippen molar-refractivity contribution in [2.45, 2.75) is 38.8 Å². The lowest BCUT2D eigenvalue weighted by Gasteiger charge is -2.33. The molecule has 0 saturated heterocycles. The summed E-state index contributed by atoms with van der Waals surface area (Å²) in [7, 11) is -3.31. The summed E-state index contributed by atoms with van der Waals surface area (Å²) in [6, 6.07) is 21.0. The largest absolute Gasteiger partial charge is 0.508 e. The van der Waals surface area contributed by atoms with Crippen LogP contribution in [0.4, 0.5) is 0 Å². The smallest absolute Gasteiger partial charge is 0.285 e. The maximum absolute atomic E-state index is 14.3. The first-order valence-corrected chi connectivity index (χ1v) is 11.2. The zero-order valence-corrected chi connectivity index (χ0v) is 17.5. The number of rotatable bonds is 2. The third-order valence-electron chi connectivity index (χ3n) is 5.50. The van der Waals surface area contributed by atoms with E-state index in [1.165, 1.54) is 0 Å². The highest BCUT2D eigenvalue weighted by Gasteiger charge is 2.42. The molecule has 1 aliphatic heterocycles. The molecule has 144 valence electrons. The van der Waals surface area contributed by atoms with Crippen LogP contribution in [0.1, 0.15) is 44.5 Å². The molecule has 3 aromatic rings. The first-order chi connectivity index (χ1) is 13.2. The van der Waals surface area contributed by atoms with Gasteiger partial charge in [0.25, 0.3) is 7.37 Å². The van der Waals surface area contributed by atoms with Crippen molar-refractivity contribution in [1.82, 2.24) is 0 Å². The fourth-order valence-corrected chi connectivity index (χ4v) is 6.29. The Morgan fingerprint density at radius 1 is 0.929 bits per heavy atom. The number of fused-ring (bicyclic) bond motifs is 3. The summed E-state index contributed by atoms with van der Waals surface area (Å²) in [5.41, 5.74) is 3.07. The van der Waals surface area contributed by atoms with E-state index >= 15 is 0 Å². The van der Waals surface area contributed by atoms with Crippen LogP contribution in [0.25, 0.3) is 11.1 Å². The van der Waals surface area contributed by atoms with Gasteiger partial charge in [-0.3, -0.25) is 4.57 Å². The highest BCUT2D eigenvalue weighted by atomic mass is 31.2. The molecule has 4 heteroatoms. The molecule has 1 aliphatic rings. The van der Waals surface area contributed by atoms with Crippen LogP contribution in [0, 0.1) is 0 Å². The maximum atomic E-state index is 14.3. The number of hydrogen-bond acceptors (Lipinski definition) is 3. The lowest BCUT2D eigenvalue weighted by atomic mass is 9.86. The van der Waals surface area contributed by atoms with Gasteiger partial charge in [0.2, 0.25) is 0 Å². The van der Waals surface area contributed by atoms with Crippen LogP contribution in [-0.2, 0) is 9.98 Å². The van der Waals surface area contributed by atoms with Gasteiger partial charge >= 0.3 is 0 Å². The number of phenolic OH excluding ortho intramolecular Hbond substituents is 1. The van der Waals surface area contributed by atoms with Gasteiger partial charge in [0.05, 0.1) is 11.0 Å². The fraction of sp³-hybridized carbons (Fsp3) is 0.250. The van der Waals surface area contributed by atoms with E-state index in [1.807, 2.05) is 67.6 Å². The molecule has 0 amide bonds. The van der Waals surface area contributed by atoms with Crippen molar-refractivity contribution in [2.75, 3.05) is 0 Å². The fourth-order valence-electron chi connectivity index (χ4n) is 3.76. The van der Waals surface area contributed by atoms with Crippen molar-refractivity contribution >= 4 is 12.7 Å². The number of hydrogen-bond donors (Lipinski definition) is 1. The Balaban J connectivity index is 1.89. The zero-order valence-electron chi connectivity index (χ0n) is 16.6. The molecule has 1 heterocycles. The normalized spacial score (nSPS) is 19.3. The van der Waals surface area contributed by atoms with E-state index in [-0.39, 0.29) is 11.2 Å². The van der Waals surface area contributed by atoms with Crippen LogP contribution in [-0.4, -0.2) is 5.11 Å². The third-order valence-corrected chi connectivity index (χ3v) is 8.33. The second-order valence-corrected chi connectivity index (χ2v) is 11.0. The van der Waals surface area contributed by atoms with Gasteiger partial charge in [-0.2, -0.15) is 0 Å². The van der Waals surface area contributed by atoms with E-state index in [1.54, 1.807) is 6.07 Å². The predicted molar refractivity (Wildman–Crippen MR) is 115 cm³/mol. The molecule has 1 N–H and O–H groups in total. The van der Waals surface area contributed by atoms with Crippen LogP contribution in [0.15, 0.2) is 66.7 Å². The molecular weight excluding hydrogens is 367 g/mol. The first kappa shape index (κ1) is 18.8.